The highest BCUT2D eigenvalue weighted by Gasteiger charge is 2.18. The molecule has 158 valence electrons. The van der Waals surface area contributed by atoms with Gasteiger partial charge in [-0.3, -0.25) is 9.72 Å². The van der Waals surface area contributed by atoms with Gasteiger partial charge in [0.2, 0.25) is 0 Å². The quantitative estimate of drug-likeness (QED) is 0.425. The Morgan fingerprint density at radius 3 is 2.55 bits per heavy atom. The minimum Gasteiger partial charge on any atom is -0.495 e. The van der Waals surface area contributed by atoms with Crippen molar-refractivity contribution in [1.82, 2.24) is 9.38 Å². The van der Waals surface area contributed by atoms with Crippen molar-refractivity contribution in [2.45, 2.75) is 6.92 Å². The van der Waals surface area contributed by atoms with Crippen LogP contribution >= 0.6 is 11.6 Å². The number of imidazole rings is 1. The summed E-state index contributed by atoms with van der Waals surface area (Å²) in [4.78, 5) is 17.6. The number of carbonyl (C=O) groups excluding carboxylic acids is 1. The van der Waals surface area contributed by atoms with Gasteiger partial charge in [0, 0.05) is 17.8 Å². The van der Waals surface area contributed by atoms with Gasteiger partial charge in [-0.05, 0) is 31.2 Å². The normalized spacial score (nSPS) is 10.7. The van der Waals surface area contributed by atoms with Crippen molar-refractivity contribution in [2.75, 3.05) is 24.9 Å². The summed E-state index contributed by atoms with van der Waals surface area (Å²) in [6.07, 6.45) is 1.85. The average Bonchev–Trinajstić information content (AvgIpc) is 3.12. The van der Waals surface area contributed by atoms with Crippen molar-refractivity contribution in [3.05, 3.63) is 71.4 Å². The number of amides is 2. The molecule has 0 aliphatic carbocycles. The number of carbonyl (C=O) groups is 1. The van der Waals surface area contributed by atoms with E-state index in [1.54, 1.807) is 12.1 Å². The lowest BCUT2D eigenvalue weighted by molar-refractivity contribution is 0.262. The first kappa shape index (κ1) is 20.6. The fourth-order valence-corrected chi connectivity index (χ4v) is 3.57. The number of hydrogen-bond acceptors (Lipinski definition) is 4. The molecule has 0 atom stereocenters. The van der Waals surface area contributed by atoms with E-state index < -0.39 is 6.03 Å². The minimum absolute atomic E-state index is 0.355. The molecule has 4 rings (SSSR count). The van der Waals surface area contributed by atoms with Gasteiger partial charge in [0.05, 0.1) is 24.9 Å². The van der Waals surface area contributed by atoms with Crippen molar-refractivity contribution in [1.29, 1.82) is 0 Å². The van der Waals surface area contributed by atoms with Gasteiger partial charge in [0.25, 0.3) is 0 Å². The number of fused-ring (bicyclic) bond motifs is 1. The van der Waals surface area contributed by atoms with E-state index >= 15 is 0 Å². The zero-order valence-corrected chi connectivity index (χ0v) is 18.0. The van der Waals surface area contributed by atoms with Crippen molar-refractivity contribution < 1.29 is 14.3 Å². The van der Waals surface area contributed by atoms with Crippen LogP contribution in [0.15, 0.2) is 60.8 Å². The fourth-order valence-electron chi connectivity index (χ4n) is 3.33. The largest absolute Gasteiger partial charge is 0.495 e. The van der Waals surface area contributed by atoms with Crippen LogP contribution in [0.4, 0.5) is 16.3 Å². The third-order valence-electron chi connectivity index (χ3n) is 4.78. The Labute approximate surface area is 184 Å². The molecule has 2 aromatic carbocycles. The molecular weight excluding hydrogens is 416 g/mol. The SMILES string of the molecule is COc1cc(OC)c(NC(=O)Nc2c(-c3cccc(C)c3)nc3ccccn23)cc1Cl. The number of methoxy groups -OCH3 is 2. The summed E-state index contributed by atoms with van der Waals surface area (Å²) in [5, 5.41) is 6.07. The molecule has 8 heteroatoms. The number of urea groups is 1. The number of anilines is 2. The van der Waals surface area contributed by atoms with Gasteiger partial charge in [-0.1, -0.05) is 41.4 Å². The van der Waals surface area contributed by atoms with E-state index in [9.17, 15) is 4.79 Å². The zero-order valence-electron chi connectivity index (χ0n) is 17.3. The molecule has 0 fully saturated rings. The topological polar surface area (TPSA) is 76.9 Å². The van der Waals surface area contributed by atoms with Crippen LogP contribution in [-0.4, -0.2) is 29.6 Å². The third kappa shape index (κ3) is 4.13. The van der Waals surface area contributed by atoms with Crippen LogP contribution in [0.5, 0.6) is 11.5 Å². The number of rotatable bonds is 5. The van der Waals surface area contributed by atoms with Crippen molar-refractivity contribution in [2.24, 2.45) is 0 Å². The number of nitrogens with zero attached hydrogens (tertiary/aromatic N) is 2. The second-order valence-electron chi connectivity index (χ2n) is 6.87. The Morgan fingerprint density at radius 1 is 1.00 bits per heavy atom. The van der Waals surface area contributed by atoms with Crippen LogP contribution in [0.1, 0.15) is 5.56 Å². The average molecular weight is 437 g/mol. The molecule has 0 aliphatic heterocycles. The van der Waals surface area contributed by atoms with Gasteiger partial charge in [-0.2, -0.15) is 0 Å². The molecule has 0 aliphatic rings. The molecule has 2 amide bonds. The highest BCUT2D eigenvalue weighted by atomic mass is 35.5. The Kier molecular flexibility index (Phi) is 5.68. The van der Waals surface area contributed by atoms with E-state index in [4.69, 9.17) is 26.1 Å². The number of pyridine rings is 1. The first-order chi connectivity index (χ1) is 15.0. The highest BCUT2D eigenvalue weighted by Crippen LogP contribution is 2.36. The predicted molar refractivity (Wildman–Crippen MR) is 123 cm³/mol. The Hall–Kier alpha value is -3.71. The summed E-state index contributed by atoms with van der Waals surface area (Å²) >= 11 is 6.22. The van der Waals surface area contributed by atoms with Gasteiger partial charge in [0.15, 0.2) is 0 Å². The second-order valence-corrected chi connectivity index (χ2v) is 7.28. The molecule has 2 aromatic heterocycles. The van der Waals surface area contributed by atoms with Crippen LogP contribution in [0.25, 0.3) is 16.9 Å². The smallest absolute Gasteiger partial charge is 0.324 e. The van der Waals surface area contributed by atoms with Gasteiger partial charge >= 0.3 is 6.03 Å². The first-order valence-electron chi connectivity index (χ1n) is 9.54. The van der Waals surface area contributed by atoms with Crippen LogP contribution in [0, 0.1) is 6.92 Å². The Balaban J connectivity index is 1.70. The van der Waals surface area contributed by atoms with E-state index in [-0.39, 0.29) is 0 Å². The highest BCUT2D eigenvalue weighted by molar-refractivity contribution is 6.32. The van der Waals surface area contributed by atoms with Gasteiger partial charge < -0.3 is 14.8 Å². The molecule has 4 aromatic rings. The van der Waals surface area contributed by atoms with E-state index in [0.29, 0.717) is 33.7 Å². The lowest BCUT2D eigenvalue weighted by Gasteiger charge is -2.14. The lowest BCUT2D eigenvalue weighted by Crippen LogP contribution is -2.21. The lowest BCUT2D eigenvalue weighted by atomic mass is 10.1. The maximum absolute atomic E-state index is 12.9. The molecule has 0 bridgehead atoms. The van der Waals surface area contributed by atoms with Crippen LogP contribution in [0.2, 0.25) is 5.02 Å². The molecule has 0 saturated heterocycles. The molecule has 0 radical (unpaired) electrons. The molecule has 2 N–H and O–H groups in total. The number of benzene rings is 2. The summed E-state index contributed by atoms with van der Waals surface area (Å²) in [6.45, 7) is 2.01. The number of nitrogens with one attached hydrogen (secondary N) is 2. The van der Waals surface area contributed by atoms with Gasteiger partial charge in [-0.15, -0.1) is 0 Å². The number of aromatic nitrogens is 2. The van der Waals surface area contributed by atoms with Gasteiger partial charge in [-0.25, -0.2) is 9.78 Å². The molecule has 31 heavy (non-hydrogen) atoms. The van der Waals surface area contributed by atoms with Crippen molar-refractivity contribution >= 4 is 34.8 Å². The predicted octanol–water partition coefficient (Wildman–Crippen LogP) is 5.62. The van der Waals surface area contributed by atoms with E-state index in [1.165, 1.54) is 14.2 Å². The van der Waals surface area contributed by atoms with Crippen molar-refractivity contribution in [3.8, 4) is 22.8 Å². The summed E-state index contributed by atoms with van der Waals surface area (Å²) in [5.74, 6) is 1.43. The Bertz CT molecular complexity index is 1270. The summed E-state index contributed by atoms with van der Waals surface area (Å²) in [6, 6.07) is 16.4. The summed E-state index contributed by atoms with van der Waals surface area (Å²) in [7, 11) is 3.02. The molecule has 7 nitrogen and oxygen atoms in total. The zero-order chi connectivity index (χ0) is 22.0. The monoisotopic (exact) mass is 436 g/mol. The number of hydrogen-bond donors (Lipinski definition) is 2. The number of ether oxygens (including phenoxy) is 2. The van der Waals surface area contributed by atoms with E-state index in [1.807, 2.05) is 60.0 Å². The van der Waals surface area contributed by atoms with Crippen LogP contribution < -0.4 is 20.1 Å². The summed E-state index contributed by atoms with van der Waals surface area (Å²) in [5.41, 5.74) is 3.81. The maximum atomic E-state index is 12.9. The number of aryl methyl sites for hydroxylation is 1. The van der Waals surface area contributed by atoms with Crippen LogP contribution in [0.3, 0.4) is 0 Å². The standard InChI is InChI=1S/C23H21ClN4O3/c1-14-7-6-8-15(11-14)21-22(28-10-5-4-9-20(28)26-21)27-23(29)25-17-12-16(24)18(30-2)13-19(17)31-3/h4-13H,1-3H3,(H2,25,27,29). The van der Waals surface area contributed by atoms with E-state index in [2.05, 4.69) is 10.6 Å². The molecule has 0 spiro atoms. The number of halogens is 1. The molecular formula is C23H21ClN4O3. The van der Waals surface area contributed by atoms with E-state index in [0.717, 1.165) is 16.8 Å². The molecule has 0 unspecified atom stereocenters. The van der Waals surface area contributed by atoms with Crippen LogP contribution in [-0.2, 0) is 0 Å². The maximum Gasteiger partial charge on any atom is 0.324 e. The second kappa shape index (κ2) is 8.57. The molecule has 2 heterocycles. The Morgan fingerprint density at radius 2 is 1.81 bits per heavy atom. The summed E-state index contributed by atoms with van der Waals surface area (Å²) < 4.78 is 12.4. The first-order valence-corrected chi connectivity index (χ1v) is 9.91. The van der Waals surface area contributed by atoms with Gasteiger partial charge in [0.1, 0.15) is 28.7 Å². The fraction of sp³-hybridized carbons (Fsp3) is 0.130. The molecule has 0 saturated carbocycles. The van der Waals surface area contributed by atoms with Crippen molar-refractivity contribution in [3.63, 3.8) is 0 Å². The minimum atomic E-state index is -0.459. The third-order valence-corrected chi connectivity index (χ3v) is 5.07.